The van der Waals surface area contributed by atoms with Crippen molar-refractivity contribution in [2.45, 2.75) is 44.1 Å². The van der Waals surface area contributed by atoms with Crippen LogP contribution in [0.25, 0.3) is 10.9 Å². The predicted octanol–water partition coefficient (Wildman–Crippen LogP) is 5.61. The molecule has 2 aliphatic heterocycles. The molecule has 13 nitrogen and oxygen atoms in total. The number of aromatic hydroxyl groups is 1. The van der Waals surface area contributed by atoms with Crippen LogP contribution in [0.2, 0.25) is 0 Å². The largest absolute Gasteiger partial charge is 0.506 e. The number of alkyl carbamates (subject to hydrolysis) is 1. The third-order valence-electron chi connectivity index (χ3n) is 10.7. The number of phenolic OH excluding ortho intramolecular Hbond substituents is 1. The molecule has 2 fully saturated rings. The summed E-state index contributed by atoms with van der Waals surface area (Å²) in [5, 5.41) is 27.6. The van der Waals surface area contributed by atoms with Crippen molar-refractivity contribution in [2.24, 2.45) is 5.92 Å². The number of benzene rings is 4. The van der Waals surface area contributed by atoms with E-state index in [4.69, 9.17) is 18.9 Å². The molecule has 58 heavy (non-hydrogen) atoms. The lowest BCUT2D eigenvalue weighted by Crippen LogP contribution is -2.37. The Kier molecular flexibility index (Phi) is 13.7. The number of unbranched alkanes of at least 4 members (excludes halogenated alkanes) is 1. The summed E-state index contributed by atoms with van der Waals surface area (Å²) in [5.41, 5.74) is 3.70. The number of fused-ring (bicyclic) bond motifs is 3. The van der Waals surface area contributed by atoms with Crippen LogP contribution in [-0.2, 0) is 20.8 Å². The van der Waals surface area contributed by atoms with Crippen molar-refractivity contribution in [3.63, 3.8) is 0 Å². The van der Waals surface area contributed by atoms with E-state index in [-0.39, 0.29) is 37.2 Å². The number of nitrogens with one attached hydrogen (secondary N) is 3. The second kappa shape index (κ2) is 19.6. The minimum absolute atomic E-state index is 0.0460. The van der Waals surface area contributed by atoms with Crippen molar-refractivity contribution < 1.29 is 38.7 Å². The van der Waals surface area contributed by atoms with Gasteiger partial charge in [-0.05, 0) is 91.0 Å². The van der Waals surface area contributed by atoms with Crippen molar-refractivity contribution in [1.82, 2.24) is 20.5 Å². The SMILES string of the molecule is O=C(NC(c1ccccc1)c1cccc(OCc2ccc(C(=O)OCCOCCCCNCC(O)c3ccc(O)c4[nH]c(=O)ccc34)cc2)c1)OC1CN2CCC1C2. The molecule has 0 radical (unpaired) electrons. The van der Waals surface area contributed by atoms with E-state index in [1.54, 1.807) is 24.3 Å². The molecular formula is C45H50N4O9. The first kappa shape index (κ1) is 40.5. The Morgan fingerprint density at radius 2 is 1.71 bits per heavy atom. The average molecular weight is 791 g/mol. The summed E-state index contributed by atoms with van der Waals surface area (Å²) in [5.74, 6) is 0.570. The molecule has 0 saturated carbocycles. The van der Waals surface area contributed by atoms with E-state index in [0.29, 0.717) is 53.4 Å². The molecular weight excluding hydrogens is 741 g/mol. The van der Waals surface area contributed by atoms with Crippen LogP contribution in [-0.4, -0.2) is 90.8 Å². The summed E-state index contributed by atoms with van der Waals surface area (Å²) in [6, 6.07) is 30.2. The Morgan fingerprint density at radius 1 is 0.879 bits per heavy atom. The maximum Gasteiger partial charge on any atom is 0.408 e. The molecule has 0 aliphatic carbocycles. The summed E-state index contributed by atoms with van der Waals surface area (Å²) in [7, 11) is 0. The van der Waals surface area contributed by atoms with Gasteiger partial charge in [-0.2, -0.15) is 0 Å². The van der Waals surface area contributed by atoms with E-state index in [1.165, 1.54) is 12.1 Å². The Labute approximate surface area is 336 Å². The number of amides is 1. The van der Waals surface area contributed by atoms with Crippen LogP contribution in [0.5, 0.6) is 11.5 Å². The second-order valence-electron chi connectivity index (χ2n) is 14.8. The molecule has 7 rings (SSSR count). The van der Waals surface area contributed by atoms with Gasteiger partial charge >= 0.3 is 12.1 Å². The molecule has 5 unspecified atom stereocenters. The fourth-order valence-corrected chi connectivity index (χ4v) is 7.58. The highest BCUT2D eigenvalue weighted by atomic mass is 16.6. The number of hydrogen-bond acceptors (Lipinski definition) is 11. The number of hydrogen-bond donors (Lipinski definition) is 5. The number of esters is 1. The van der Waals surface area contributed by atoms with Gasteiger partial charge in [-0.3, -0.25) is 9.69 Å². The number of aromatic amines is 1. The monoisotopic (exact) mass is 790 g/mol. The van der Waals surface area contributed by atoms with Gasteiger partial charge in [0.2, 0.25) is 5.56 Å². The van der Waals surface area contributed by atoms with Gasteiger partial charge in [-0.15, -0.1) is 0 Å². The predicted molar refractivity (Wildman–Crippen MR) is 218 cm³/mol. The number of aliphatic hydroxyl groups is 1. The summed E-state index contributed by atoms with van der Waals surface area (Å²) < 4.78 is 23.0. The number of rotatable bonds is 19. The van der Waals surface area contributed by atoms with Gasteiger partial charge in [0.05, 0.1) is 29.8 Å². The number of phenols is 1. The lowest BCUT2D eigenvalue weighted by molar-refractivity contribution is 0.0312. The van der Waals surface area contributed by atoms with E-state index >= 15 is 0 Å². The molecule has 2 bridgehead atoms. The molecule has 1 amide bonds. The van der Waals surface area contributed by atoms with Gasteiger partial charge in [-0.25, -0.2) is 9.59 Å². The van der Waals surface area contributed by atoms with Crippen molar-refractivity contribution >= 4 is 23.0 Å². The summed E-state index contributed by atoms with van der Waals surface area (Å²) in [6.07, 6.45) is 1.35. The third kappa shape index (κ3) is 10.6. The van der Waals surface area contributed by atoms with E-state index in [9.17, 15) is 24.6 Å². The molecule has 5 aromatic rings. The fraction of sp³-hybridized carbons (Fsp3) is 0.356. The van der Waals surface area contributed by atoms with Gasteiger partial charge in [-0.1, -0.05) is 60.7 Å². The van der Waals surface area contributed by atoms with Crippen molar-refractivity contribution in [1.29, 1.82) is 0 Å². The van der Waals surface area contributed by atoms with E-state index in [1.807, 2.05) is 66.7 Å². The highest BCUT2D eigenvalue weighted by Gasteiger charge is 2.40. The number of H-pyrrole nitrogens is 1. The first-order valence-electron chi connectivity index (χ1n) is 19.9. The molecule has 2 aliphatic rings. The van der Waals surface area contributed by atoms with Crippen LogP contribution in [0.1, 0.15) is 64.0 Å². The molecule has 4 aromatic carbocycles. The zero-order valence-electron chi connectivity index (χ0n) is 32.3. The van der Waals surface area contributed by atoms with E-state index in [2.05, 4.69) is 20.5 Å². The Balaban J connectivity index is 0.788. The smallest absolute Gasteiger partial charge is 0.408 e. The first-order chi connectivity index (χ1) is 28.3. The zero-order valence-corrected chi connectivity index (χ0v) is 32.3. The average Bonchev–Trinajstić information content (AvgIpc) is 3.87. The Hall–Kier alpha value is -5.73. The zero-order chi connectivity index (χ0) is 40.3. The van der Waals surface area contributed by atoms with Crippen molar-refractivity contribution in [3.8, 4) is 11.5 Å². The fourth-order valence-electron chi connectivity index (χ4n) is 7.58. The molecule has 1 aromatic heterocycles. The normalized spacial score (nSPS) is 18.1. The first-order valence-corrected chi connectivity index (χ1v) is 19.9. The van der Waals surface area contributed by atoms with Crippen LogP contribution in [0.3, 0.4) is 0 Å². The molecule has 2 saturated heterocycles. The topological polar surface area (TPSA) is 172 Å². The number of aliphatic hydroxyl groups excluding tert-OH is 1. The highest BCUT2D eigenvalue weighted by molar-refractivity contribution is 5.89. The molecule has 0 spiro atoms. The third-order valence-corrected chi connectivity index (χ3v) is 10.7. The maximum absolute atomic E-state index is 13.1. The molecule has 304 valence electrons. The minimum atomic E-state index is -0.815. The van der Waals surface area contributed by atoms with Crippen LogP contribution in [0, 0.1) is 5.92 Å². The van der Waals surface area contributed by atoms with Crippen LogP contribution in [0.4, 0.5) is 4.79 Å². The van der Waals surface area contributed by atoms with E-state index < -0.39 is 24.2 Å². The van der Waals surface area contributed by atoms with Crippen molar-refractivity contribution in [3.05, 3.63) is 141 Å². The van der Waals surface area contributed by atoms with Gasteiger partial charge < -0.3 is 44.8 Å². The lowest BCUT2D eigenvalue weighted by atomic mass is 9.98. The molecule has 5 atom stereocenters. The van der Waals surface area contributed by atoms with Gasteiger partial charge in [0.25, 0.3) is 0 Å². The van der Waals surface area contributed by atoms with Crippen LogP contribution < -0.4 is 20.9 Å². The molecule has 5 N–H and O–H groups in total. The Morgan fingerprint density at radius 3 is 2.50 bits per heavy atom. The van der Waals surface area contributed by atoms with Crippen LogP contribution >= 0.6 is 0 Å². The second-order valence-corrected chi connectivity index (χ2v) is 14.8. The number of carbonyl (C=O) groups excluding carboxylic acids is 2. The number of nitrogens with zero attached hydrogens (tertiary/aromatic N) is 1. The molecule has 3 heterocycles. The number of pyridine rings is 1. The highest BCUT2D eigenvalue weighted by Crippen LogP contribution is 2.32. The van der Waals surface area contributed by atoms with Gasteiger partial charge in [0.15, 0.2) is 0 Å². The quantitative estimate of drug-likeness (QED) is 0.0521. The summed E-state index contributed by atoms with van der Waals surface area (Å²) in [4.78, 5) is 42.3. The summed E-state index contributed by atoms with van der Waals surface area (Å²) >= 11 is 0. The lowest BCUT2D eigenvalue weighted by Gasteiger charge is -2.25. The minimum Gasteiger partial charge on any atom is -0.506 e. The maximum atomic E-state index is 13.1. The number of piperidine rings is 1. The molecule has 13 heteroatoms. The summed E-state index contributed by atoms with van der Waals surface area (Å²) in [6.45, 7) is 5.04. The van der Waals surface area contributed by atoms with Gasteiger partial charge in [0, 0.05) is 43.6 Å². The van der Waals surface area contributed by atoms with Gasteiger partial charge in [0.1, 0.15) is 30.8 Å². The van der Waals surface area contributed by atoms with Crippen molar-refractivity contribution in [2.75, 3.05) is 52.5 Å². The standard InChI is InChI=1S/C45H50N4O9/c50-38-17-15-36(37-16-18-41(52)47-43(37)38)39(51)26-46-20-4-5-22-55-23-24-56-44(53)32-13-11-30(12-14-32)29-57-35-10-6-9-33(25-35)42(31-7-2-1-3-8-31)48-45(54)58-40-28-49-21-19-34(40)27-49/h1-3,6-18,25,34,39-40,42,46,50-51H,4-5,19-24,26-29H2,(H,47,52)(H,48,54). The number of aromatic nitrogens is 1. The van der Waals surface area contributed by atoms with E-state index in [0.717, 1.165) is 55.6 Å². The number of ether oxygens (including phenoxy) is 4. The number of carbonyl (C=O) groups is 2. The van der Waals surface area contributed by atoms with Crippen LogP contribution in [0.15, 0.2) is 108 Å². The Bertz CT molecular complexity index is 2200.